The minimum atomic E-state index is -4.37. The summed E-state index contributed by atoms with van der Waals surface area (Å²) in [5.74, 6) is -0.193. The fraction of sp³-hybridized carbons (Fsp3) is 0.754. The molecule has 9 heteroatoms. The Balaban J connectivity index is 4.20. The van der Waals surface area contributed by atoms with Crippen molar-refractivity contribution in [3.63, 3.8) is 0 Å². The molecule has 452 valence electrons. The standard InChI is InChI=1S/C69H125N2O6P/c1-6-8-10-12-14-16-18-20-22-24-26-28-30-32-34-35-37-39-41-43-45-47-49-51-53-55-57-59-61-63-69(73)70-67(66-77-78(74,75)76-65-64-71(3,4)5)68(72)62-60-58-56-54-52-50-48-46-44-42-40-38-36-33-31-29-27-25-23-21-19-17-15-13-11-9-7-2/h8,10,14,16,20,22,26,28,32,34,37,39,52,54,60,62,67-68,72H,6-7,9,11-13,15,17-19,21,23-25,27,29-31,33,35-36,38,40-51,53,55-59,61,63-66H2,1-5H3,(H-,70,73,74,75)/p+1/b10-8-,16-14-,22-20-,28-26-,34-32-,39-37-,54-52+,62-60+. The lowest BCUT2D eigenvalue weighted by molar-refractivity contribution is -0.870. The summed E-state index contributed by atoms with van der Waals surface area (Å²) in [5, 5.41) is 14.0. The predicted molar refractivity (Wildman–Crippen MR) is 341 cm³/mol. The molecule has 0 aromatic rings. The Morgan fingerprint density at radius 2 is 0.782 bits per heavy atom. The highest BCUT2D eigenvalue weighted by atomic mass is 31.2. The maximum Gasteiger partial charge on any atom is 0.472 e. The fourth-order valence-corrected chi connectivity index (χ4v) is 9.98. The minimum Gasteiger partial charge on any atom is -0.387 e. The quantitative estimate of drug-likeness (QED) is 0.0243. The van der Waals surface area contributed by atoms with Crippen molar-refractivity contribution in [1.29, 1.82) is 0 Å². The minimum absolute atomic E-state index is 0.0512. The number of carbonyl (C=O) groups is 1. The second-order valence-electron chi connectivity index (χ2n) is 23.1. The highest BCUT2D eigenvalue weighted by Crippen LogP contribution is 2.43. The molecule has 0 aromatic carbocycles. The molecule has 0 saturated carbocycles. The number of phosphoric ester groups is 1. The number of quaternary nitrogens is 1. The number of hydrogen-bond donors (Lipinski definition) is 3. The number of aliphatic hydroxyl groups is 1. The van der Waals surface area contributed by atoms with Gasteiger partial charge in [0.15, 0.2) is 0 Å². The number of unbranched alkanes of at least 4 members (excludes halogenated alkanes) is 32. The van der Waals surface area contributed by atoms with Crippen LogP contribution in [0.15, 0.2) is 97.2 Å². The van der Waals surface area contributed by atoms with Crippen LogP contribution in [-0.2, 0) is 18.4 Å². The van der Waals surface area contributed by atoms with Crippen molar-refractivity contribution in [3.05, 3.63) is 97.2 Å². The van der Waals surface area contributed by atoms with Crippen molar-refractivity contribution in [2.45, 2.75) is 296 Å². The average Bonchev–Trinajstić information content (AvgIpc) is 3.41. The number of nitrogens with one attached hydrogen (secondary N) is 1. The number of phosphoric acid groups is 1. The van der Waals surface area contributed by atoms with Gasteiger partial charge in [-0.1, -0.05) is 291 Å². The van der Waals surface area contributed by atoms with Gasteiger partial charge in [-0.25, -0.2) is 4.57 Å². The maximum atomic E-state index is 13.0. The van der Waals surface area contributed by atoms with Crippen LogP contribution < -0.4 is 5.32 Å². The molecule has 0 aromatic heterocycles. The van der Waals surface area contributed by atoms with Crippen LogP contribution in [0.1, 0.15) is 284 Å². The summed E-state index contributed by atoms with van der Waals surface area (Å²) in [4.78, 5) is 23.4. The van der Waals surface area contributed by atoms with Crippen molar-refractivity contribution >= 4 is 13.7 Å². The molecule has 0 rings (SSSR count). The summed E-state index contributed by atoms with van der Waals surface area (Å²) in [6.07, 6.45) is 85.3. The van der Waals surface area contributed by atoms with Crippen LogP contribution in [0.4, 0.5) is 0 Å². The van der Waals surface area contributed by atoms with E-state index in [0.29, 0.717) is 17.4 Å². The molecule has 0 fully saturated rings. The largest absolute Gasteiger partial charge is 0.472 e. The molecule has 0 aliphatic rings. The molecule has 0 aliphatic carbocycles. The van der Waals surface area contributed by atoms with E-state index >= 15 is 0 Å². The number of aliphatic hydroxyl groups excluding tert-OH is 1. The van der Waals surface area contributed by atoms with Crippen molar-refractivity contribution in [3.8, 4) is 0 Å². The molecule has 3 unspecified atom stereocenters. The van der Waals surface area contributed by atoms with Gasteiger partial charge in [-0.2, -0.15) is 0 Å². The van der Waals surface area contributed by atoms with E-state index in [1.807, 2.05) is 27.2 Å². The number of hydrogen-bond acceptors (Lipinski definition) is 5. The molecule has 0 heterocycles. The third-order valence-electron chi connectivity index (χ3n) is 14.3. The van der Waals surface area contributed by atoms with E-state index in [1.165, 1.54) is 180 Å². The van der Waals surface area contributed by atoms with E-state index in [2.05, 4.69) is 104 Å². The van der Waals surface area contributed by atoms with Crippen molar-refractivity contribution in [2.75, 3.05) is 40.9 Å². The first-order valence-corrected chi connectivity index (χ1v) is 34.1. The lowest BCUT2D eigenvalue weighted by Crippen LogP contribution is -2.45. The summed E-state index contributed by atoms with van der Waals surface area (Å²) in [6.45, 7) is 4.70. The smallest absolute Gasteiger partial charge is 0.387 e. The fourth-order valence-electron chi connectivity index (χ4n) is 9.24. The molecule has 0 bridgehead atoms. The van der Waals surface area contributed by atoms with Crippen LogP contribution in [0.25, 0.3) is 0 Å². The molecular weight excluding hydrogens is 984 g/mol. The number of carbonyl (C=O) groups excluding carboxylic acids is 1. The summed E-state index contributed by atoms with van der Waals surface area (Å²) in [7, 11) is 1.55. The topological polar surface area (TPSA) is 105 Å². The van der Waals surface area contributed by atoms with Crippen LogP contribution in [0, 0.1) is 0 Å². The van der Waals surface area contributed by atoms with E-state index < -0.39 is 20.0 Å². The number of nitrogens with zero attached hydrogens (tertiary/aromatic N) is 1. The van der Waals surface area contributed by atoms with Gasteiger partial charge in [0.05, 0.1) is 39.9 Å². The van der Waals surface area contributed by atoms with Gasteiger partial charge in [0.1, 0.15) is 13.2 Å². The number of allylic oxidation sites excluding steroid dienone is 15. The molecule has 0 saturated heterocycles. The third-order valence-corrected chi connectivity index (χ3v) is 15.3. The second kappa shape index (κ2) is 59.1. The van der Waals surface area contributed by atoms with Crippen LogP contribution in [0.5, 0.6) is 0 Å². The summed E-state index contributed by atoms with van der Waals surface area (Å²) in [6, 6.07) is -0.874. The zero-order chi connectivity index (χ0) is 57.0. The monoisotopic (exact) mass is 1110 g/mol. The summed E-state index contributed by atoms with van der Waals surface area (Å²) >= 11 is 0. The lowest BCUT2D eigenvalue weighted by Gasteiger charge is -2.25. The SMILES string of the molecule is CC/C=C\C/C=C\C/C=C\C/C=C\C/C=C\C/C=C\CCCCCCCCCCCCC(=O)NC(COP(=O)(O)OCC[N+](C)(C)C)C(O)/C=C/CC/C=C/CCCCCCCCCCCCCCCCCCCCCCC. The predicted octanol–water partition coefficient (Wildman–Crippen LogP) is 20.5. The average molecular weight is 1110 g/mol. The summed E-state index contributed by atoms with van der Waals surface area (Å²) in [5.41, 5.74) is 0. The summed E-state index contributed by atoms with van der Waals surface area (Å²) < 4.78 is 23.8. The number of amides is 1. The Kier molecular flexibility index (Phi) is 57.1. The van der Waals surface area contributed by atoms with Gasteiger partial charge in [-0.05, 0) is 83.5 Å². The maximum absolute atomic E-state index is 13.0. The van der Waals surface area contributed by atoms with Gasteiger partial charge in [-0.15, -0.1) is 0 Å². The van der Waals surface area contributed by atoms with Crippen molar-refractivity contribution < 1.29 is 32.9 Å². The zero-order valence-corrected chi connectivity index (χ0v) is 52.5. The van der Waals surface area contributed by atoms with Crippen LogP contribution in [0.2, 0.25) is 0 Å². The first-order chi connectivity index (χ1) is 38.0. The van der Waals surface area contributed by atoms with Crippen LogP contribution in [0.3, 0.4) is 0 Å². The third kappa shape index (κ3) is 61.0. The molecule has 3 N–H and O–H groups in total. The van der Waals surface area contributed by atoms with Crippen molar-refractivity contribution in [1.82, 2.24) is 5.32 Å². The molecule has 0 spiro atoms. The molecular formula is C69H126N2O6P+. The van der Waals surface area contributed by atoms with Crippen LogP contribution in [-0.4, -0.2) is 73.4 Å². The Morgan fingerprint density at radius 3 is 1.18 bits per heavy atom. The Bertz CT molecular complexity index is 1590. The number of likely N-dealkylation sites (N-methyl/N-ethyl adjacent to an activating group) is 1. The van der Waals surface area contributed by atoms with E-state index in [-0.39, 0.29) is 19.1 Å². The van der Waals surface area contributed by atoms with E-state index in [4.69, 9.17) is 9.05 Å². The highest BCUT2D eigenvalue weighted by molar-refractivity contribution is 7.47. The molecule has 1 amide bonds. The van der Waals surface area contributed by atoms with E-state index in [1.54, 1.807) is 6.08 Å². The molecule has 3 atom stereocenters. The Morgan fingerprint density at radius 1 is 0.449 bits per heavy atom. The second-order valence-corrected chi connectivity index (χ2v) is 24.6. The van der Waals surface area contributed by atoms with Crippen LogP contribution >= 0.6 is 7.82 Å². The van der Waals surface area contributed by atoms with Gasteiger partial charge in [0, 0.05) is 6.42 Å². The molecule has 0 aliphatic heterocycles. The molecule has 0 radical (unpaired) electrons. The van der Waals surface area contributed by atoms with E-state index in [0.717, 1.165) is 83.5 Å². The first kappa shape index (κ1) is 75.4. The van der Waals surface area contributed by atoms with Gasteiger partial charge in [-0.3, -0.25) is 13.8 Å². The normalized spacial score (nSPS) is 14.4. The van der Waals surface area contributed by atoms with Gasteiger partial charge < -0.3 is 19.8 Å². The van der Waals surface area contributed by atoms with Crippen molar-refractivity contribution in [2.24, 2.45) is 0 Å². The zero-order valence-electron chi connectivity index (χ0n) is 51.6. The van der Waals surface area contributed by atoms with Gasteiger partial charge in [0.2, 0.25) is 5.91 Å². The molecule has 8 nitrogen and oxygen atoms in total. The van der Waals surface area contributed by atoms with Gasteiger partial charge in [0.25, 0.3) is 0 Å². The van der Waals surface area contributed by atoms with E-state index in [9.17, 15) is 19.4 Å². The molecule has 78 heavy (non-hydrogen) atoms. The number of rotatable bonds is 59. The lowest BCUT2D eigenvalue weighted by atomic mass is 10.0. The Hall–Kier alpha value is -2.58. The Labute approximate surface area is 483 Å². The highest BCUT2D eigenvalue weighted by Gasteiger charge is 2.27. The first-order valence-electron chi connectivity index (χ1n) is 32.6. The van der Waals surface area contributed by atoms with Gasteiger partial charge >= 0.3 is 7.82 Å².